The van der Waals surface area contributed by atoms with E-state index in [0.29, 0.717) is 17.1 Å². The van der Waals surface area contributed by atoms with Gasteiger partial charge in [-0.2, -0.15) is 10.2 Å². The molecule has 0 bridgehead atoms. The number of carbonyl (C=O) groups is 2. The summed E-state index contributed by atoms with van der Waals surface area (Å²) in [4.78, 5) is 29.0. The second kappa shape index (κ2) is 7.94. The van der Waals surface area contributed by atoms with E-state index < -0.39 is 12.3 Å². The van der Waals surface area contributed by atoms with Crippen molar-refractivity contribution in [2.24, 2.45) is 7.05 Å². The maximum absolute atomic E-state index is 13.2. The number of rotatable bonds is 5. The predicted molar refractivity (Wildman–Crippen MR) is 108 cm³/mol. The van der Waals surface area contributed by atoms with Crippen LogP contribution in [0.2, 0.25) is 0 Å². The van der Waals surface area contributed by atoms with Gasteiger partial charge >= 0.3 is 0 Å². The molecule has 3 heterocycles. The van der Waals surface area contributed by atoms with Crippen molar-refractivity contribution in [2.75, 3.05) is 10.6 Å². The summed E-state index contributed by atoms with van der Waals surface area (Å²) in [6, 6.07) is 9.25. The molecule has 0 aliphatic rings. The summed E-state index contributed by atoms with van der Waals surface area (Å²) in [5, 5.41) is 13.3. The van der Waals surface area contributed by atoms with Crippen LogP contribution in [0.3, 0.4) is 0 Å². The lowest BCUT2D eigenvalue weighted by atomic mass is 10.2. The van der Waals surface area contributed by atoms with Crippen LogP contribution in [0.5, 0.6) is 0 Å². The molecule has 0 aliphatic heterocycles. The first-order valence-electron chi connectivity index (χ1n) is 9.17. The van der Waals surface area contributed by atoms with Crippen molar-refractivity contribution >= 4 is 28.8 Å². The number of benzene rings is 1. The van der Waals surface area contributed by atoms with Crippen LogP contribution in [0.15, 0.2) is 48.8 Å². The van der Waals surface area contributed by atoms with E-state index in [4.69, 9.17) is 0 Å². The van der Waals surface area contributed by atoms with Gasteiger partial charge in [-0.15, -0.1) is 0 Å². The number of hydrogen-bond donors (Lipinski definition) is 2. The highest BCUT2D eigenvalue weighted by atomic mass is 19.3. The van der Waals surface area contributed by atoms with Crippen molar-refractivity contribution in [1.82, 2.24) is 24.4 Å². The Balaban J connectivity index is 1.50. The average molecular weight is 425 g/mol. The van der Waals surface area contributed by atoms with Crippen LogP contribution in [-0.2, 0) is 7.05 Å². The molecule has 0 saturated carbocycles. The number of anilines is 2. The number of alkyl halides is 2. The molecule has 4 rings (SSSR count). The Hall–Kier alpha value is -4.15. The fraction of sp³-hybridized carbons (Fsp3) is 0.150. The van der Waals surface area contributed by atoms with Crippen molar-refractivity contribution in [2.45, 2.75) is 13.3 Å². The molecule has 0 aliphatic carbocycles. The van der Waals surface area contributed by atoms with E-state index in [1.54, 1.807) is 50.5 Å². The van der Waals surface area contributed by atoms with Crippen LogP contribution in [0, 0.1) is 6.92 Å². The second-order valence-corrected chi connectivity index (χ2v) is 6.78. The van der Waals surface area contributed by atoms with E-state index in [9.17, 15) is 18.4 Å². The van der Waals surface area contributed by atoms with E-state index in [1.807, 2.05) is 0 Å². The summed E-state index contributed by atoms with van der Waals surface area (Å²) >= 11 is 0. The van der Waals surface area contributed by atoms with E-state index in [0.717, 1.165) is 4.52 Å². The van der Waals surface area contributed by atoms with Gasteiger partial charge in [-0.25, -0.2) is 18.3 Å². The van der Waals surface area contributed by atoms with E-state index >= 15 is 0 Å². The summed E-state index contributed by atoms with van der Waals surface area (Å²) in [6.07, 6.45) is 0.104. The Morgan fingerprint density at radius 2 is 1.68 bits per heavy atom. The summed E-state index contributed by atoms with van der Waals surface area (Å²) in [7, 11) is 1.71. The summed E-state index contributed by atoms with van der Waals surface area (Å²) in [5.74, 6) is -0.904. The lowest BCUT2D eigenvalue weighted by Crippen LogP contribution is -2.14. The third kappa shape index (κ3) is 4.10. The molecule has 158 valence electrons. The minimum Gasteiger partial charge on any atom is -0.322 e. The normalized spacial score (nSPS) is 11.1. The predicted octanol–water partition coefficient (Wildman–Crippen LogP) is 3.21. The Morgan fingerprint density at radius 3 is 2.26 bits per heavy atom. The number of halogens is 2. The first-order valence-corrected chi connectivity index (χ1v) is 9.17. The first-order chi connectivity index (χ1) is 14.8. The molecule has 31 heavy (non-hydrogen) atoms. The number of fused-ring (bicyclic) bond motifs is 1. The molecule has 9 nitrogen and oxygen atoms in total. The number of carbonyl (C=O) groups excluding carboxylic acids is 2. The number of nitrogens with one attached hydrogen (secondary N) is 2. The maximum atomic E-state index is 13.2. The van der Waals surface area contributed by atoms with Crippen molar-refractivity contribution in [3.8, 4) is 0 Å². The van der Waals surface area contributed by atoms with Gasteiger partial charge in [0.25, 0.3) is 18.2 Å². The molecule has 0 unspecified atom stereocenters. The average Bonchev–Trinajstić information content (AvgIpc) is 3.35. The molecule has 2 N–H and O–H groups in total. The third-order valence-corrected chi connectivity index (χ3v) is 4.44. The Labute approximate surface area is 174 Å². The smallest absolute Gasteiger partial charge is 0.280 e. The van der Waals surface area contributed by atoms with Crippen LogP contribution in [0.1, 0.15) is 38.7 Å². The lowest BCUT2D eigenvalue weighted by Gasteiger charge is -2.08. The minimum absolute atomic E-state index is 0.0482. The highest BCUT2D eigenvalue weighted by Gasteiger charge is 2.20. The SMILES string of the molecule is Cc1cc(C(F)F)n2ncc(C(=O)Nc3ccc(NC(=O)c4ccn(C)n4)cc3)c2n1. The monoisotopic (exact) mass is 425 g/mol. The quantitative estimate of drug-likeness (QED) is 0.511. The maximum Gasteiger partial charge on any atom is 0.280 e. The molecule has 3 aromatic heterocycles. The Morgan fingerprint density at radius 1 is 1.03 bits per heavy atom. The Kier molecular flexibility index (Phi) is 5.15. The van der Waals surface area contributed by atoms with Crippen LogP contribution in [0.25, 0.3) is 5.65 Å². The summed E-state index contributed by atoms with van der Waals surface area (Å²) < 4.78 is 29.0. The van der Waals surface area contributed by atoms with Gasteiger partial charge in [0.05, 0.1) is 6.20 Å². The molecule has 1 aromatic carbocycles. The molecule has 0 fully saturated rings. The topological polar surface area (TPSA) is 106 Å². The van der Waals surface area contributed by atoms with E-state index in [2.05, 4.69) is 25.8 Å². The molecule has 2 amide bonds. The van der Waals surface area contributed by atoms with E-state index in [-0.39, 0.29) is 28.5 Å². The molecule has 0 saturated heterocycles. The van der Waals surface area contributed by atoms with Crippen molar-refractivity contribution < 1.29 is 18.4 Å². The van der Waals surface area contributed by atoms with Crippen molar-refractivity contribution in [1.29, 1.82) is 0 Å². The van der Waals surface area contributed by atoms with Gasteiger partial charge < -0.3 is 10.6 Å². The first kappa shape index (κ1) is 20.1. The zero-order chi connectivity index (χ0) is 22.1. The highest BCUT2D eigenvalue weighted by molar-refractivity contribution is 6.08. The number of aromatic nitrogens is 5. The van der Waals surface area contributed by atoms with Crippen molar-refractivity contribution in [3.05, 3.63) is 71.4 Å². The third-order valence-electron chi connectivity index (χ3n) is 4.44. The zero-order valence-electron chi connectivity index (χ0n) is 16.5. The van der Waals surface area contributed by atoms with Gasteiger partial charge in [-0.3, -0.25) is 14.3 Å². The highest BCUT2D eigenvalue weighted by Crippen LogP contribution is 2.22. The molecule has 11 heteroatoms. The molecule has 0 radical (unpaired) electrons. The Bertz CT molecular complexity index is 1280. The van der Waals surface area contributed by atoms with Crippen LogP contribution < -0.4 is 10.6 Å². The minimum atomic E-state index is -2.76. The molecule has 0 spiro atoms. The molecular formula is C20H17F2N7O2. The standard InChI is InChI=1S/C20H17F2N7O2/c1-11-9-16(17(21)22)29-18(24-11)14(10-23-29)19(30)25-12-3-5-13(6-4-12)26-20(31)15-7-8-28(2)27-15/h3-10,17H,1-2H3,(H,25,30)(H,26,31). The summed E-state index contributed by atoms with van der Waals surface area (Å²) in [6.45, 7) is 1.57. The summed E-state index contributed by atoms with van der Waals surface area (Å²) in [5.41, 5.74) is 1.37. The van der Waals surface area contributed by atoms with Crippen LogP contribution in [0.4, 0.5) is 20.2 Å². The van der Waals surface area contributed by atoms with Crippen LogP contribution in [-0.4, -0.2) is 36.2 Å². The van der Waals surface area contributed by atoms with Gasteiger partial charge in [0.15, 0.2) is 11.3 Å². The number of amides is 2. The van der Waals surface area contributed by atoms with Gasteiger partial charge in [0.1, 0.15) is 11.3 Å². The van der Waals surface area contributed by atoms with Crippen LogP contribution >= 0.6 is 0 Å². The van der Waals surface area contributed by atoms with Gasteiger partial charge in [0.2, 0.25) is 0 Å². The molecule has 0 atom stereocenters. The fourth-order valence-electron chi connectivity index (χ4n) is 3.00. The molecular weight excluding hydrogens is 408 g/mol. The fourth-order valence-corrected chi connectivity index (χ4v) is 3.00. The number of aryl methyl sites for hydroxylation is 2. The zero-order valence-corrected chi connectivity index (χ0v) is 16.5. The second-order valence-electron chi connectivity index (χ2n) is 6.78. The lowest BCUT2D eigenvalue weighted by molar-refractivity contribution is 0.101. The van der Waals surface area contributed by atoms with Crippen molar-refractivity contribution in [3.63, 3.8) is 0 Å². The number of nitrogens with zero attached hydrogens (tertiary/aromatic N) is 5. The largest absolute Gasteiger partial charge is 0.322 e. The number of hydrogen-bond acceptors (Lipinski definition) is 5. The van der Waals surface area contributed by atoms with Gasteiger partial charge in [0, 0.05) is 30.3 Å². The molecule has 4 aromatic rings. The van der Waals surface area contributed by atoms with Gasteiger partial charge in [-0.05, 0) is 43.3 Å². The van der Waals surface area contributed by atoms with E-state index in [1.165, 1.54) is 16.9 Å². The van der Waals surface area contributed by atoms with Gasteiger partial charge in [-0.1, -0.05) is 0 Å².